The van der Waals surface area contributed by atoms with E-state index >= 15 is 0 Å². The van der Waals surface area contributed by atoms with Crippen molar-refractivity contribution in [1.29, 1.82) is 0 Å². The van der Waals surface area contributed by atoms with Crippen LogP contribution in [0.4, 0.5) is 23.7 Å². The molecular weight excluding hydrogens is 499 g/mol. The van der Waals surface area contributed by atoms with Crippen molar-refractivity contribution in [3.05, 3.63) is 64.9 Å². The molecule has 0 radical (unpaired) electrons. The maximum atomic E-state index is 14.2. The van der Waals surface area contributed by atoms with Crippen molar-refractivity contribution in [2.45, 2.75) is 57.2 Å². The van der Waals surface area contributed by atoms with Gasteiger partial charge in [-0.1, -0.05) is 35.9 Å². The molecule has 0 bridgehead atoms. The predicted octanol–water partition coefficient (Wildman–Crippen LogP) is 4.99. The van der Waals surface area contributed by atoms with E-state index in [0.717, 1.165) is 17.0 Å². The number of amides is 3. The second-order valence-corrected chi connectivity index (χ2v) is 9.90. The van der Waals surface area contributed by atoms with Crippen molar-refractivity contribution in [1.82, 2.24) is 10.6 Å². The predicted molar refractivity (Wildman–Crippen MR) is 128 cm³/mol. The lowest BCUT2D eigenvalue weighted by Gasteiger charge is -2.38. The molecule has 11 heteroatoms. The van der Waals surface area contributed by atoms with Crippen LogP contribution in [0, 0.1) is 5.82 Å². The zero-order valence-electron chi connectivity index (χ0n) is 20.0. The SMILES string of the molecule is CC(C)(C)OC(=O)NCC(=O)N(c1cccc(F)c1)C(C(=O)NC1CC(F)(F)C1)c1ccccc1Cl. The highest BCUT2D eigenvalue weighted by molar-refractivity contribution is 6.31. The maximum absolute atomic E-state index is 14.2. The first-order chi connectivity index (χ1) is 16.8. The Morgan fingerprint density at radius 3 is 2.39 bits per heavy atom. The number of anilines is 1. The van der Waals surface area contributed by atoms with Crippen molar-refractivity contribution < 1.29 is 32.3 Å². The Morgan fingerprint density at radius 1 is 1.14 bits per heavy atom. The lowest BCUT2D eigenvalue weighted by Crippen LogP contribution is -2.54. The molecule has 3 rings (SSSR count). The van der Waals surface area contributed by atoms with Crippen molar-refractivity contribution >= 4 is 35.2 Å². The monoisotopic (exact) mass is 525 g/mol. The van der Waals surface area contributed by atoms with Gasteiger partial charge in [0.2, 0.25) is 11.8 Å². The summed E-state index contributed by atoms with van der Waals surface area (Å²) < 4.78 is 46.1. The van der Waals surface area contributed by atoms with E-state index in [0.29, 0.717) is 0 Å². The van der Waals surface area contributed by atoms with Gasteiger partial charge in [-0.2, -0.15) is 0 Å². The van der Waals surface area contributed by atoms with Crippen molar-refractivity contribution in [3.63, 3.8) is 0 Å². The molecule has 194 valence electrons. The van der Waals surface area contributed by atoms with Gasteiger partial charge in [-0.3, -0.25) is 14.5 Å². The quantitative estimate of drug-likeness (QED) is 0.533. The first-order valence-electron chi connectivity index (χ1n) is 11.2. The molecule has 0 aromatic heterocycles. The highest BCUT2D eigenvalue weighted by Gasteiger charge is 2.47. The maximum Gasteiger partial charge on any atom is 0.408 e. The van der Waals surface area contributed by atoms with Crippen LogP contribution in [0.15, 0.2) is 48.5 Å². The van der Waals surface area contributed by atoms with Crippen molar-refractivity contribution in [2.75, 3.05) is 11.4 Å². The summed E-state index contributed by atoms with van der Waals surface area (Å²) in [5.41, 5.74) is -0.622. The van der Waals surface area contributed by atoms with Gasteiger partial charge in [0.1, 0.15) is 24.0 Å². The summed E-state index contributed by atoms with van der Waals surface area (Å²) in [6.07, 6.45) is -1.95. The summed E-state index contributed by atoms with van der Waals surface area (Å²) in [5.74, 6) is -5.13. The van der Waals surface area contributed by atoms with Gasteiger partial charge in [0, 0.05) is 35.2 Å². The van der Waals surface area contributed by atoms with Crippen LogP contribution in [0.5, 0.6) is 0 Å². The highest BCUT2D eigenvalue weighted by Crippen LogP contribution is 2.38. The molecule has 0 heterocycles. The number of carbonyl (C=O) groups is 3. The largest absolute Gasteiger partial charge is 0.444 e. The van der Waals surface area contributed by atoms with E-state index in [2.05, 4.69) is 10.6 Å². The zero-order chi connectivity index (χ0) is 26.7. The van der Waals surface area contributed by atoms with Crippen molar-refractivity contribution in [2.24, 2.45) is 0 Å². The molecule has 2 aromatic carbocycles. The van der Waals surface area contributed by atoms with Crippen LogP contribution < -0.4 is 15.5 Å². The van der Waals surface area contributed by atoms with Crippen LogP contribution >= 0.6 is 11.6 Å². The Labute approximate surface area is 211 Å². The number of hydrogen-bond donors (Lipinski definition) is 2. The number of nitrogens with one attached hydrogen (secondary N) is 2. The average molecular weight is 526 g/mol. The lowest BCUT2D eigenvalue weighted by molar-refractivity contribution is -0.132. The number of halogens is 4. The van der Waals surface area contributed by atoms with Crippen LogP contribution in [-0.4, -0.2) is 42.0 Å². The van der Waals surface area contributed by atoms with E-state index in [1.807, 2.05) is 0 Å². The van der Waals surface area contributed by atoms with E-state index in [4.69, 9.17) is 16.3 Å². The topological polar surface area (TPSA) is 87.7 Å². The first kappa shape index (κ1) is 27.3. The number of hydrogen-bond acceptors (Lipinski definition) is 4. The third-order valence-electron chi connectivity index (χ3n) is 5.28. The molecule has 7 nitrogen and oxygen atoms in total. The van der Waals surface area contributed by atoms with Crippen LogP contribution in [0.25, 0.3) is 0 Å². The Kier molecular flexibility index (Phi) is 8.18. The van der Waals surface area contributed by atoms with E-state index in [-0.39, 0.29) is 16.3 Å². The van der Waals surface area contributed by atoms with E-state index in [1.165, 1.54) is 24.3 Å². The Balaban J connectivity index is 1.97. The molecule has 1 saturated carbocycles. The summed E-state index contributed by atoms with van der Waals surface area (Å²) in [5, 5.41) is 4.99. The molecule has 2 N–H and O–H groups in total. The number of alkyl halides is 2. The zero-order valence-corrected chi connectivity index (χ0v) is 20.7. The van der Waals surface area contributed by atoms with Gasteiger partial charge in [-0.25, -0.2) is 18.0 Å². The molecule has 1 aliphatic rings. The summed E-state index contributed by atoms with van der Waals surface area (Å²) in [7, 11) is 0. The number of alkyl carbamates (subject to hydrolysis) is 1. The minimum atomic E-state index is -2.88. The molecule has 1 atom stereocenters. The summed E-state index contributed by atoms with van der Waals surface area (Å²) in [6.45, 7) is 4.35. The first-order valence-corrected chi connectivity index (χ1v) is 11.6. The van der Waals surface area contributed by atoms with Crippen LogP contribution in [0.3, 0.4) is 0 Å². The van der Waals surface area contributed by atoms with Gasteiger partial charge in [-0.15, -0.1) is 0 Å². The molecule has 2 aromatic rings. The molecule has 36 heavy (non-hydrogen) atoms. The number of ether oxygens (including phenoxy) is 1. The molecular formula is C25H27ClF3N3O4. The molecule has 0 spiro atoms. The van der Waals surface area contributed by atoms with Crippen molar-refractivity contribution in [3.8, 4) is 0 Å². The van der Waals surface area contributed by atoms with Gasteiger partial charge in [0.15, 0.2) is 0 Å². The fourth-order valence-electron chi connectivity index (χ4n) is 3.75. The van der Waals surface area contributed by atoms with Crippen LogP contribution in [-0.2, 0) is 14.3 Å². The molecule has 0 aliphatic heterocycles. The second kappa shape index (κ2) is 10.8. The number of rotatable bonds is 7. The fraction of sp³-hybridized carbons (Fsp3) is 0.400. The normalized spacial score (nSPS) is 15.9. The van der Waals surface area contributed by atoms with Crippen LogP contribution in [0.2, 0.25) is 5.02 Å². The average Bonchev–Trinajstić information content (AvgIpc) is 2.74. The summed E-state index contributed by atoms with van der Waals surface area (Å²) >= 11 is 6.36. The summed E-state index contributed by atoms with van der Waals surface area (Å²) in [6, 6.07) is 8.92. The van der Waals surface area contributed by atoms with Crippen LogP contribution in [0.1, 0.15) is 45.2 Å². The smallest absolute Gasteiger partial charge is 0.408 e. The van der Waals surface area contributed by atoms with Gasteiger partial charge in [0.25, 0.3) is 5.92 Å². The Bertz CT molecular complexity index is 1130. The Morgan fingerprint density at radius 2 is 1.81 bits per heavy atom. The Hall–Kier alpha value is -3.27. The summed E-state index contributed by atoms with van der Waals surface area (Å²) in [4.78, 5) is 39.9. The standard InChI is InChI=1S/C25H27ClF3N3O4/c1-24(2,3)36-23(35)30-14-20(33)32(17-8-6-7-15(27)11-17)21(18-9-4-5-10-19(18)26)22(34)31-16-12-25(28,29)13-16/h4-11,16,21H,12-14H2,1-3H3,(H,30,35)(H,31,34). The minimum absolute atomic E-state index is 0.00463. The number of nitrogens with zero attached hydrogens (tertiary/aromatic N) is 1. The van der Waals surface area contributed by atoms with E-state index < -0.39 is 66.7 Å². The van der Waals surface area contributed by atoms with Gasteiger partial charge in [0.05, 0.1) is 0 Å². The van der Waals surface area contributed by atoms with Gasteiger partial charge < -0.3 is 15.4 Å². The van der Waals surface area contributed by atoms with E-state index in [1.54, 1.807) is 32.9 Å². The molecule has 3 amide bonds. The lowest BCUT2D eigenvalue weighted by atomic mass is 9.87. The third kappa shape index (κ3) is 7.13. The third-order valence-corrected chi connectivity index (χ3v) is 5.62. The second-order valence-electron chi connectivity index (χ2n) is 9.49. The van der Waals surface area contributed by atoms with Gasteiger partial charge >= 0.3 is 6.09 Å². The molecule has 1 fully saturated rings. The number of carbonyl (C=O) groups excluding carboxylic acids is 3. The van der Waals surface area contributed by atoms with Gasteiger partial charge in [-0.05, 0) is 45.0 Å². The molecule has 1 unspecified atom stereocenters. The number of benzene rings is 2. The minimum Gasteiger partial charge on any atom is -0.444 e. The highest BCUT2D eigenvalue weighted by atomic mass is 35.5. The van der Waals surface area contributed by atoms with E-state index in [9.17, 15) is 27.6 Å². The molecule has 1 aliphatic carbocycles. The fourth-order valence-corrected chi connectivity index (χ4v) is 3.99. The molecule has 0 saturated heterocycles.